The average Bonchev–Trinajstić information content (AvgIpc) is 3.40. The minimum absolute atomic E-state index is 0.103. The third-order valence-electron chi connectivity index (χ3n) is 4.58. The van der Waals surface area contributed by atoms with Crippen LogP contribution in [-0.2, 0) is 9.59 Å². The van der Waals surface area contributed by atoms with Gasteiger partial charge in [-0.2, -0.15) is 0 Å². The molecule has 1 saturated carbocycles. The van der Waals surface area contributed by atoms with Crippen LogP contribution in [0.3, 0.4) is 0 Å². The van der Waals surface area contributed by atoms with E-state index in [1.165, 1.54) is 0 Å². The monoisotopic (exact) mass is 380 g/mol. The molecule has 0 bridgehead atoms. The summed E-state index contributed by atoms with van der Waals surface area (Å²) in [4.78, 5) is 28.4. The van der Waals surface area contributed by atoms with Gasteiger partial charge in [0.15, 0.2) is 0 Å². The molecule has 1 aliphatic heterocycles. The van der Waals surface area contributed by atoms with Crippen LogP contribution >= 0.6 is 11.6 Å². The highest BCUT2D eigenvalue weighted by atomic mass is 35.5. The van der Waals surface area contributed by atoms with Crippen LogP contribution in [0, 0.1) is 0 Å². The van der Waals surface area contributed by atoms with Crippen LogP contribution in [0.4, 0.5) is 5.69 Å². The number of carbonyl (C=O) groups excluding carboxylic acids is 2. The Kier molecular flexibility index (Phi) is 6.34. The molecule has 0 atom stereocenters. The van der Waals surface area contributed by atoms with Gasteiger partial charge in [-0.3, -0.25) is 19.4 Å². The number of carbonyl (C=O) groups is 2. The van der Waals surface area contributed by atoms with Gasteiger partial charge in [0.25, 0.3) is 0 Å². The summed E-state index contributed by atoms with van der Waals surface area (Å²) in [5, 5.41) is 6.40. The number of hydrogen-bond acceptors (Lipinski definition) is 5. The molecule has 142 valence electrons. The first-order chi connectivity index (χ1) is 12.5. The Morgan fingerprint density at radius 1 is 1.12 bits per heavy atom. The third-order valence-corrected chi connectivity index (χ3v) is 4.81. The predicted molar refractivity (Wildman–Crippen MR) is 101 cm³/mol. The minimum Gasteiger partial charge on any atom is -0.495 e. The zero-order chi connectivity index (χ0) is 18.5. The summed E-state index contributed by atoms with van der Waals surface area (Å²) in [6, 6.07) is 5.52. The maximum Gasteiger partial charge on any atom is 0.238 e. The number of halogens is 1. The molecule has 1 aromatic rings. The number of methoxy groups -OCH3 is 1. The quantitative estimate of drug-likeness (QED) is 0.743. The highest BCUT2D eigenvalue weighted by Crippen LogP contribution is 2.27. The van der Waals surface area contributed by atoms with Crippen molar-refractivity contribution < 1.29 is 14.3 Å². The number of nitrogens with zero attached hydrogens (tertiary/aromatic N) is 2. The molecule has 2 fully saturated rings. The van der Waals surface area contributed by atoms with E-state index in [1.807, 2.05) is 0 Å². The smallest absolute Gasteiger partial charge is 0.238 e. The molecular formula is C18H25ClN4O3. The van der Waals surface area contributed by atoms with Crippen LogP contribution < -0.4 is 15.4 Å². The summed E-state index contributed by atoms with van der Waals surface area (Å²) in [6.45, 7) is 3.83. The molecule has 1 aromatic carbocycles. The summed E-state index contributed by atoms with van der Waals surface area (Å²) in [6.07, 6.45) is 2.21. The molecule has 1 aliphatic carbocycles. The molecular weight excluding hydrogens is 356 g/mol. The predicted octanol–water partition coefficient (Wildman–Crippen LogP) is 1.18. The van der Waals surface area contributed by atoms with Gasteiger partial charge < -0.3 is 15.4 Å². The number of rotatable bonds is 7. The molecule has 0 unspecified atom stereocenters. The summed E-state index contributed by atoms with van der Waals surface area (Å²) in [5.41, 5.74) is 0.570. The number of anilines is 1. The van der Waals surface area contributed by atoms with Crippen molar-refractivity contribution in [2.75, 3.05) is 51.7 Å². The van der Waals surface area contributed by atoms with Gasteiger partial charge in [0.05, 0.1) is 25.9 Å². The minimum atomic E-state index is -0.106. The molecule has 2 aliphatic rings. The molecule has 26 heavy (non-hydrogen) atoms. The Labute approximate surface area is 158 Å². The van der Waals surface area contributed by atoms with Crippen molar-refractivity contribution in [3.8, 4) is 5.75 Å². The number of ether oxygens (including phenoxy) is 1. The average molecular weight is 381 g/mol. The molecule has 2 N–H and O–H groups in total. The molecule has 1 heterocycles. The summed E-state index contributed by atoms with van der Waals surface area (Å²) < 4.78 is 5.24. The van der Waals surface area contributed by atoms with Gasteiger partial charge in [-0.25, -0.2) is 0 Å². The van der Waals surface area contributed by atoms with E-state index >= 15 is 0 Å². The maximum atomic E-state index is 12.3. The van der Waals surface area contributed by atoms with E-state index in [4.69, 9.17) is 16.3 Å². The van der Waals surface area contributed by atoms with Crippen molar-refractivity contribution in [2.24, 2.45) is 0 Å². The Morgan fingerprint density at radius 2 is 1.73 bits per heavy atom. The van der Waals surface area contributed by atoms with Crippen molar-refractivity contribution in [1.82, 2.24) is 15.1 Å². The van der Waals surface area contributed by atoms with E-state index in [1.54, 1.807) is 25.3 Å². The number of nitrogens with one attached hydrogen (secondary N) is 2. The second-order valence-corrected chi connectivity index (χ2v) is 7.22. The van der Waals surface area contributed by atoms with Crippen LogP contribution in [0.15, 0.2) is 18.2 Å². The fourth-order valence-electron chi connectivity index (χ4n) is 2.98. The van der Waals surface area contributed by atoms with Crippen LogP contribution in [0.2, 0.25) is 5.02 Å². The second kappa shape index (κ2) is 8.70. The molecule has 8 heteroatoms. The van der Waals surface area contributed by atoms with Crippen molar-refractivity contribution >= 4 is 29.1 Å². The SMILES string of the molecule is COc1ccc(Cl)cc1NC(=O)CN1CCN(CC(=O)NC2CC2)CC1. The largest absolute Gasteiger partial charge is 0.495 e. The highest BCUT2D eigenvalue weighted by molar-refractivity contribution is 6.31. The zero-order valence-electron chi connectivity index (χ0n) is 15.0. The zero-order valence-corrected chi connectivity index (χ0v) is 15.7. The van der Waals surface area contributed by atoms with E-state index in [0.29, 0.717) is 35.6 Å². The Morgan fingerprint density at radius 3 is 2.31 bits per heavy atom. The van der Waals surface area contributed by atoms with Crippen molar-refractivity contribution in [2.45, 2.75) is 18.9 Å². The fourth-order valence-corrected chi connectivity index (χ4v) is 3.15. The molecule has 0 aromatic heterocycles. The van der Waals surface area contributed by atoms with Gasteiger partial charge in [0, 0.05) is 37.2 Å². The van der Waals surface area contributed by atoms with Gasteiger partial charge in [-0.15, -0.1) is 0 Å². The normalized spacial score (nSPS) is 18.4. The first kappa shape index (κ1) is 18.9. The van der Waals surface area contributed by atoms with Crippen LogP contribution in [-0.4, -0.2) is 74.0 Å². The Balaban J connectivity index is 1.41. The summed E-state index contributed by atoms with van der Waals surface area (Å²) in [7, 11) is 1.55. The van der Waals surface area contributed by atoms with E-state index in [-0.39, 0.29) is 11.8 Å². The number of amides is 2. The van der Waals surface area contributed by atoms with Crippen molar-refractivity contribution in [3.63, 3.8) is 0 Å². The second-order valence-electron chi connectivity index (χ2n) is 6.79. The lowest BCUT2D eigenvalue weighted by molar-refractivity contribution is -0.123. The standard InChI is InChI=1S/C18H25ClN4O3/c1-26-16-5-2-13(19)10-15(16)21-18(25)12-23-8-6-22(7-9-23)11-17(24)20-14-3-4-14/h2,5,10,14H,3-4,6-9,11-12H2,1H3,(H,20,24)(H,21,25). The Hall–Kier alpha value is -1.83. The lowest BCUT2D eigenvalue weighted by Crippen LogP contribution is -2.51. The van der Waals surface area contributed by atoms with Crippen LogP contribution in [0.5, 0.6) is 5.75 Å². The van der Waals surface area contributed by atoms with Crippen LogP contribution in [0.1, 0.15) is 12.8 Å². The lowest BCUT2D eigenvalue weighted by Gasteiger charge is -2.33. The lowest BCUT2D eigenvalue weighted by atomic mass is 10.2. The Bertz CT molecular complexity index is 658. The molecule has 3 rings (SSSR count). The van der Waals surface area contributed by atoms with Crippen LogP contribution in [0.25, 0.3) is 0 Å². The van der Waals surface area contributed by atoms with E-state index < -0.39 is 0 Å². The molecule has 0 spiro atoms. The van der Waals surface area contributed by atoms with Gasteiger partial charge in [-0.1, -0.05) is 11.6 Å². The fraction of sp³-hybridized carbons (Fsp3) is 0.556. The maximum absolute atomic E-state index is 12.3. The van der Waals surface area contributed by atoms with Gasteiger partial charge in [0.2, 0.25) is 11.8 Å². The van der Waals surface area contributed by atoms with Crippen molar-refractivity contribution in [3.05, 3.63) is 23.2 Å². The summed E-state index contributed by atoms with van der Waals surface area (Å²) >= 11 is 5.99. The van der Waals surface area contributed by atoms with Gasteiger partial charge >= 0.3 is 0 Å². The molecule has 0 radical (unpaired) electrons. The number of benzene rings is 1. The van der Waals surface area contributed by atoms with Gasteiger partial charge in [-0.05, 0) is 31.0 Å². The third kappa shape index (κ3) is 5.59. The number of hydrogen-bond donors (Lipinski definition) is 2. The first-order valence-corrected chi connectivity index (χ1v) is 9.29. The number of piperazine rings is 1. The highest BCUT2D eigenvalue weighted by Gasteiger charge is 2.25. The molecule has 2 amide bonds. The van der Waals surface area contributed by atoms with Gasteiger partial charge in [0.1, 0.15) is 5.75 Å². The van der Waals surface area contributed by atoms with Crippen molar-refractivity contribution in [1.29, 1.82) is 0 Å². The van der Waals surface area contributed by atoms with E-state index in [9.17, 15) is 9.59 Å². The first-order valence-electron chi connectivity index (χ1n) is 8.91. The van der Waals surface area contributed by atoms with E-state index in [0.717, 1.165) is 39.0 Å². The molecule has 1 saturated heterocycles. The summed E-state index contributed by atoms with van der Waals surface area (Å²) in [5.74, 6) is 0.575. The topological polar surface area (TPSA) is 73.9 Å². The molecule has 7 nitrogen and oxygen atoms in total. The van der Waals surface area contributed by atoms with E-state index in [2.05, 4.69) is 20.4 Å².